The van der Waals surface area contributed by atoms with Crippen LogP contribution in [0.4, 0.5) is 0 Å². The summed E-state index contributed by atoms with van der Waals surface area (Å²) in [7, 11) is 0. The first-order chi connectivity index (χ1) is 25.1. The van der Waals surface area contributed by atoms with Crippen molar-refractivity contribution in [3.63, 3.8) is 0 Å². The Balaban J connectivity index is 1.35. The highest BCUT2D eigenvalue weighted by molar-refractivity contribution is 6.09. The van der Waals surface area contributed by atoms with Gasteiger partial charge in [0.25, 0.3) is 0 Å². The molecule has 8 aromatic rings. The van der Waals surface area contributed by atoms with E-state index >= 15 is 0 Å². The van der Waals surface area contributed by atoms with Crippen LogP contribution in [0.3, 0.4) is 0 Å². The summed E-state index contributed by atoms with van der Waals surface area (Å²) in [6.07, 6.45) is 3.64. The first-order valence-electron chi connectivity index (χ1n) is 16.6. The van der Waals surface area contributed by atoms with Crippen molar-refractivity contribution in [3.05, 3.63) is 168 Å². The number of benzene rings is 6. The van der Waals surface area contributed by atoms with Gasteiger partial charge < -0.3 is 9.13 Å². The molecular formula is C46H29N5. The molecule has 8 rings (SSSR count). The Bertz CT molecular complexity index is 2820. The Morgan fingerprint density at radius 2 is 1.20 bits per heavy atom. The van der Waals surface area contributed by atoms with Gasteiger partial charge >= 0.3 is 0 Å². The fourth-order valence-corrected chi connectivity index (χ4v) is 7.31. The second-order valence-corrected chi connectivity index (χ2v) is 12.4. The lowest BCUT2D eigenvalue weighted by molar-refractivity contribution is 1.10. The molecule has 0 saturated carbocycles. The third-order valence-electron chi connectivity index (χ3n) is 9.51. The Kier molecular flexibility index (Phi) is 7.62. The van der Waals surface area contributed by atoms with Crippen molar-refractivity contribution in [2.24, 2.45) is 0 Å². The SMILES string of the molecule is C=Cc1c(/C=C(\C)C#N)c2ccccc2n1-c1cc(C#N)c(C#N)c(-c2cccc(-c3ccccc3-n3c4ccccc4c4ccccc43)c2)c1. The maximum atomic E-state index is 10.4. The van der Waals surface area contributed by atoms with E-state index in [2.05, 4.69) is 108 Å². The largest absolute Gasteiger partial charge is 0.309 e. The number of hydrogen-bond acceptors (Lipinski definition) is 3. The Morgan fingerprint density at radius 3 is 1.82 bits per heavy atom. The summed E-state index contributed by atoms with van der Waals surface area (Å²) < 4.78 is 4.36. The lowest BCUT2D eigenvalue weighted by Crippen LogP contribution is -2.01. The monoisotopic (exact) mass is 651 g/mol. The molecule has 0 aliphatic rings. The molecule has 0 aliphatic heterocycles. The summed E-state index contributed by atoms with van der Waals surface area (Å²) in [5.41, 5.74) is 11.2. The van der Waals surface area contributed by atoms with E-state index in [0.717, 1.165) is 61.3 Å². The average molecular weight is 652 g/mol. The van der Waals surface area contributed by atoms with Gasteiger partial charge in [0, 0.05) is 44.1 Å². The van der Waals surface area contributed by atoms with E-state index in [-0.39, 0.29) is 5.56 Å². The molecule has 0 unspecified atom stereocenters. The van der Waals surface area contributed by atoms with E-state index in [1.54, 1.807) is 19.1 Å². The Labute approximate surface area is 295 Å². The molecule has 238 valence electrons. The van der Waals surface area contributed by atoms with E-state index in [0.29, 0.717) is 16.7 Å². The molecule has 0 N–H and O–H groups in total. The van der Waals surface area contributed by atoms with Crippen molar-refractivity contribution in [2.45, 2.75) is 6.92 Å². The minimum atomic E-state index is 0.277. The molecule has 6 aromatic carbocycles. The van der Waals surface area contributed by atoms with Gasteiger partial charge in [0.1, 0.15) is 12.1 Å². The van der Waals surface area contributed by atoms with Gasteiger partial charge in [-0.15, -0.1) is 0 Å². The van der Waals surface area contributed by atoms with E-state index in [4.69, 9.17) is 0 Å². The normalized spacial score (nSPS) is 11.4. The molecule has 0 atom stereocenters. The standard InChI is InChI=1S/C46H29N5/c1-3-42-40(23-30(2)27-47)38-18-7-9-20-44(38)50(42)34-25-33(28-48)41(29-49)39(26-34)32-14-12-13-31(24-32)35-15-4-8-19-43(35)51-45-21-10-5-16-36(45)37-17-6-11-22-46(37)51/h3-26H,1H2,2H3/b30-23+. The molecule has 0 bridgehead atoms. The lowest BCUT2D eigenvalue weighted by Gasteiger charge is -2.16. The summed E-state index contributed by atoms with van der Waals surface area (Å²) >= 11 is 0. The number of aromatic nitrogens is 2. The predicted octanol–water partition coefficient (Wildman–Crippen LogP) is 11.4. The van der Waals surface area contributed by atoms with Crippen LogP contribution < -0.4 is 0 Å². The van der Waals surface area contributed by atoms with Crippen molar-refractivity contribution in [3.8, 4) is 51.8 Å². The topological polar surface area (TPSA) is 81.2 Å². The number of para-hydroxylation sites is 4. The van der Waals surface area contributed by atoms with Gasteiger partial charge in [-0.2, -0.15) is 15.8 Å². The van der Waals surface area contributed by atoms with Crippen molar-refractivity contribution in [1.82, 2.24) is 9.13 Å². The second kappa shape index (κ2) is 12.6. The highest BCUT2D eigenvalue weighted by Gasteiger charge is 2.20. The smallest absolute Gasteiger partial charge is 0.101 e. The zero-order valence-corrected chi connectivity index (χ0v) is 27.8. The Morgan fingerprint density at radius 1 is 0.608 bits per heavy atom. The molecule has 0 aliphatic carbocycles. The predicted molar refractivity (Wildman–Crippen MR) is 207 cm³/mol. The first-order valence-corrected chi connectivity index (χ1v) is 16.6. The van der Waals surface area contributed by atoms with E-state index in [9.17, 15) is 15.8 Å². The highest BCUT2D eigenvalue weighted by Crippen LogP contribution is 2.39. The highest BCUT2D eigenvalue weighted by atomic mass is 15.0. The molecule has 2 heterocycles. The summed E-state index contributed by atoms with van der Waals surface area (Å²) in [6, 6.07) is 52.0. The zero-order valence-electron chi connectivity index (χ0n) is 27.8. The van der Waals surface area contributed by atoms with Crippen LogP contribution >= 0.6 is 0 Å². The fraction of sp³-hybridized carbons (Fsp3) is 0.0217. The number of fused-ring (bicyclic) bond motifs is 4. The summed E-state index contributed by atoms with van der Waals surface area (Å²) in [4.78, 5) is 0. The summed E-state index contributed by atoms with van der Waals surface area (Å²) in [5, 5.41) is 33.7. The van der Waals surface area contributed by atoms with Crippen LogP contribution in [-0.2, 0) is 0 Å². The van der Waals surface area contributed by atoms with Gasteiger partial charge in [0.05, 0.1) is 45.1 Å². The van der Waals surface area contributed by atoms with Gasteiger partial charge in [0.2, 0.25) is 0 Å². The van der Waals surface area contributed by atoms with Crippen LogP contribution in [0.2, 0.25) is 0 Å². The van der Waals surface area contributed by atoms with E-state index in [1.807, 2.05) is 59.2 Å². The van der Waals surface area contributed by atoms with Crippen molar-refractivity contribution in [1.29, 1.82) is 15.8 Å². The maximum absolute atomic E-state index is 10.4. The number of allylic oxidation sites excluding steroid dienone is 1. The molecule has 5 heteroatoms. The van der Waals surface area contributed by atoms with Gasteiger partial charge in [-0.3, -0.25) is 0 Å². The minimum absolute atomic E-state index is 0.277. The minimum Gasteiger partial charge on any atom is -0.309 e. The van der Waals surface area contributed by atoms with Crippen LogP contribution in [-0.4, -0.2) is 9.13 Å². The van der Waals surface area contributed by atoms with Crippen molar-refractivity contribution in [2.75, 3.05) is 0 Å². The molecule has 51 heavy (non-hydrogen) atoms. The molecule has 0 saturated heterocycles. The first kappa shape index (κ1) is 30.9. The third-order valence-corrected chi connectivity index (χ3v) is 9.51. The average Bonchev–Trinajstić information content (AvgIpc) is 3.69. The zero-order chi connectivity index (χ0) is 35.1. The van der Waals surface area contributed by atoms with Gasteiger partial charge in [0.15, 0.2) is 0 Å². The molecule has 5 nitrogen and oxygen atoms in total. The van der Waals surface area contributed by atoms with Crippen LogP contribution in [0.1, 0.15) is 29.3 Å². The van der Waals surface area contributed by atoms with Crippen molar-refractivity contribution >= 4 is 44.9 Å². The third kappa shape index (κ3) is 4.99. The summed E-state index contributed by atoms with van der Waals surface area (Å²) in [5.74, 6) is 0. The number of nitrogens with zero attached hydrogens (tertiary/aromatic N) is 5. The van der Waals surface area contributed by atoms with Gasteiger partial charge in [-0.25, -0.2) is 0 Å². The molecule has 0 amide bonds. The Hall–Kier alpha value is -7.39. The van der Waals surface area contributed by atoms with Crippen molar-refractivity contribution < 1.29 is 0 Å². The number of rotatable bonds is 6. The van der Waals surface area contributed by atoms with Crippen LogP contribution in [0.25, 0.3) is 78.5 Å². The van der Waals surface area contributed by atoms with Crippen LogP contribution in [0.5, 0.6) is 0 Å². The van der Waals surface area contributed by atoms with E-state index in [1.165, 1.54) is 10.8 Å². The summed E-state index contributed by atoms with van der Waals surface area (Å²) in [6.45, 7) is 5.90. The van der Waals surface area contributed by atoms with E-state index < -0.39 is 0 Å². The molecule has 0 spiro atoms. The fourth-order valence-electron chi connectivity index (χ4n) is 7.31. The number of hydrogen-bond donors (Lipinski definition) is 0. The lowest BCUT2D eigenvalue weighted by atomic mass is 9.92. The number of nitriles is 3. The quantitative estimate of drug-likeness (QED) is 0.168. The molecular weight excluding hydrogens is 623 g/mol. The van der Waals surface area contributed by atoms with Gasteiger partial charge in [-0.05, 0) is 72.7 Å². The second-order valence-electron chi connectivity index (χ2n) is 12.4. The molecule has 0 fully saturated rings. The molecule has 2 aromatic heterocycles. The molecule has 0 radical (unpaired) electrons. The van der Waals surface area contributed by atoms with Gasteiger partial charge in [-0.1, -0.05) is 97.6 Å². The van der Waals surface area contributed by atoms with Crippen LogP contribution in [0, 0.1) is 34.0 Å². The maximum Gasteiger partial charge on any atom is 0.101 e. The van der Waals surface area contributed by atoms with Crippen LogP contribution in [0.15, 0.2) is 146 Å².